The van der Waals surface area contributed by atoms with E-state index in [1.807, 2.05) is 20.8 Å². The summed E-state index contributed by atoms with van der Waals surface area (Å²) in [6.07, 6.45) is 0. The zero-order valence-corrected chi connectivity index (χ0v) is 19.1. The predicted molar refractivity (Wildman–Crippen MR) is 117 cm³/mol. The fourth-order valence-electron chi connectivity index (χ4n) is 2.99. The average molecular weight is 460 g/mol. The van der Waals surface area contributed by atoms with Gasteiger partial charge in [0.2, 0.25) is 5.78 Å². The minimum Gasteiger partial charge on any atom is -0.497 e. The van der Waals surface area contributed by atoms with E-state index in [1.54, 1.807) is 30.3 Å². The monoisotopic (exact) mass is 460 g/mol. The number of methoxy groups -OCH3 is 1. The third-order valence-corrected chi connectivity index (χ3v) is 5.38. The van der Waals surface area contributed by atoms with Crippen LogP contribution < -0.4 is 4.74 Å². The van der Waals surface area contributed by atoms with E-state index in [-0.39, 0.29) is 30.4 Å². The van der Waals surface area contributed by atoms with Crippen molar-refractivity contribution < 1.29 is 33.2 Å². The Morgan fingerprint density at radius 3 is 2.31 bits per heavy atom. The number of rotatable bonds is 8. The second kappa shape index (κ2) is 8.96. The minimum absolute atomic E-state index is 0.0130. The van der Waals surface area contributed by atoms with E-state index in [9.17, 15) is 14.2 Å². The molecule has 10 heteroatoms. The first-order valence-electron chi connectivity index (χ1n) is 9.80. The molecule has 0 amide bonds. The molecule has 0 saturated heterocycles. The van der Waals surface area contributed by atoms with Crippen LogP contribution in [0.2, 0.25) is 0 Å². The van der Waals surface area contributed by atoms with Crippen LogP contribution in [0.25, 0.3) is 10.9 Å². The lowest BCUT2D eigenvalue weighted by Crippen LogP contribution is -2.25. The molecule has 0 bridgehead atoms. The second-order valence-electron chi connectivity index (χ2n) is 8.35. The summed E-state index contributed by atoms with van der Waals surface area (Å²) in [6, 6.07) is 11.4. The van der Waals surface area contributed by atoms with E-state index in [2.05, 4.69) is 9.62 Å². The van der Waals surface area contributed by atoms with E-state index in [1.165, 1.54) is 23.9 Å². The van der Waals surface area contributed by atoms with Crippen molar-refractivity contribution in [1.82, 2.24) is 9.78 Å². The van der Waals surface area contributed by atoms with Gasteiger partial charge in [-0.2, -0.15) is 5.10 Å². The van der Waals surface area contributed by atoms with Crippen LogP contribution in [0.15, 0.2) is 42.5 Å². The number of aromatic nitrogens is 2. The molecule has 0 atom stereocenters. The maximum atomic E-state index is 13.2. The molecular formula is C22H25N2O7P. The van der Waals surface area contributed by atoms with Crippen LogP contribution in [0.1, 0.15) is 42.4 Å². The van der Waals surface area contributed by atoms with E-state index < -0.39 is 13.2 Å². The first-order chi connectivity index (χ1) is 14.9. The third-order valence-electron chi connectivity index (χ3n) is 4.92. The van der Waals surface area contributed by atoms with Gasteiger partial charge in [-0.25, -0.2) is 4.57 Å². The largest absolute Gasteiger partial charge is 0.497 e. The normalized spacial score (nSPS) is 12.2. The fourth-order valence-corrected chi connectivity index (χ4v) is 3.31. The number of carbonyl (C=O) groups excluding carboxylic acids is 2. The summed E-state index contributed by atoms with van der Waals surface area (Å²) < 4.78 is 22.1. The Morgan fingerprint density at radius 1 is 1.09 bits per heavy atom. The summed E-state index contributed by atoms with van der Waals surface area (Å²) in [6.45, 7) is 5.20. The van der Waals surface area contributed by atoms with Crippen LogP contribution >= 0.6 is 7.82 Å². The zero-order valence-electron chi connectivity index (χ0n) is 18.2. The summed E-state index contributed by atoms with van der Waals surface area (Å²) in [4.78, 5) is 43.4. The summed E-state index contributed by atoms with van der Waals surface area (Å²) in [7, 11) is -3.05. The van der Waals surface area contributed by atoms with Crippen molar-refractivity contribution in [3.05, 3.63) is 59.3 Å². The maximum absolute atomic E-state index is 13.2. The lowest BCUT2D eigenvalue weighted by molar-refractivity contribution is -0.127. The van der Waals surface area contributed by atoms with Gasteiger partial charge in [0, 0.05) is 22.4 Å². The lowest BCUT2D eigenvalue weighted by Gasteiger charge is -2.16. The van der Waals surface area contributed by atoms with Gasteiger partial charge in [-0.05, 0) is 17.7 Å². The van der Waals surface area contributed by atoms with Crippen molar-refractivity contribution in [3.8, 4) is 5.75 Å². The van der Waals surface area contributed by atoms with Gasteiger partial charge < -0.3 is 14.5 Å². The molecule has 1 heterocycles. The molecule has 0 fully saturated rings. The summed E-state index contributed by atoms with van der Waals surface area (Å²) in [5, 5.41) is 5.04. The molecule has 0 saturated carbocycles. The Hall–Kier alpha value is -2.84. The number of hydrogen-bond donors (Lipinski definition) is 2. The Balaban J connectivity index is 1.96. The van der Waals surface area contributed by atoms with Crippen molar-refractivity contribution >= 4 is 30.3 Å². The number of Topliss-reactive ketones (excluding diaryl/α,β-unsaturated/α-hetero) is 1. The topological polar surface area (TPSA) is 128 Å². The SMILES string of the molecule is COc1ccc2c(C(=O)c3ccc(COP(=O)(O)O)cc3)nn(CC(=O)C(C)(C)C)c2c1. The number of fused-ring (bicyclic) bond motifs is 1. The van der Waals surface area contributed by atoms with Crippen LogP contribution in [0.4, 0.5) is 0 Å². The van der Waals surface area contributed by atoms with E-state index in [0.717, 1.165) is 0 Å². The first-order valence-corrected chi connectivity index (χ1v) is 11.3. The number of carbonyl (C=O) groups is 2. The Morgan fingerprint density at radius 2 is 1.75 bits per heavy atom. The van der Waals surface area contributed by atoms with Crippen LogP contribution in [0.5, 0.6) is 5.75 Å². The molecule has 1 aromatic heterocycles. The molecule has 32 heavy (non-hydrogen) atoms. The molecule has 0 aliphatic heterocycles. The molecule has 9 nitrogen and oxygen atoms in total. The highest BCUT2D eigenvalue weighted by Crippen LogP contribution is 2.37. The van der Waals surface area contributed by atoms with Crippen molar-refractivity contribution in [2.45, 2.75) is 33.9 Å². The summed E-state index contributed by atoms with van der Waals surface area (Å²) >= 11 is 0. The Bertz CT molecular complexity index is 1200. The standard InChI is InChI=1S/C22H25N2O7P/c1-22(2,3)19(25)12-24-18-11-16(30-4)9-10-17(18)20(23-24)21(26)15-7-5-14(6-8-15)13-31-32(27,28)29/h5-11H,12-13H2,1-4H3,(H2,27,28,29). The van der Waals surface area contributed by atoms with Gasteiger partial charge >= 0.3 is 7.82 Å². The smallest absolute Gasteiger partial charge is 0.469 e. The van der Waals surface area contributed by atoms with E-state index in [0.29, 0.717) is 27.8 Å². The van der Waals surface area contributed by atoms with Crippen molar-refractivity contribution in [1.29, 1.82) is 0 Å². The molecular weight excluding hydrogens is 435 g/mol. The van der Waals surface area contributed by atoms with E-state index >= 15 is 0 Å². The summed E-state index contributed by atoms with van der Waals surface area (Å²) in [5.74, 6) is 0.206. The maximum Gasteiger partial charge on any atom is 0.469 e. The van der Waals surface area contributed by atoms with Crippen molar-refractivity contribution in [3.63, 3.8) is 0 Å². The van der Waals surface area contributed by atoms with Crippen molar-refractivity contribution in [2.24, 2.45) is 5.41 Å². The first kappa shape index (κ1) is 23.8. The molecule has 0 aliphatic carbocycles. The highest BCUT2D eigenvalue weighted by Gasteiger charge is 2.25. The number of benzene rings is 2. The van der Waals surface area contributed by atoms with Gasteiger partial charge in [0.05, 0.1) is 19.2 Å². The molecule has 0 unspecified atom stereocenters. The van der Waals surface area contributed by atoms with Crippen molar-refractivity contribution in [2.75, 3.05) is 7.11 Å². The Kier molecular flexibility index (Phi) is 6.67. The van der Waals surface area contributed by atoms with Gasteiger partial charge in [-0.3, -0.25) is 18.8 Å². The molecule has 3 aromatic rings. The zero-order chi connectivity index (χ0) is 23.7. The quantitative estimate of drug-likeness (QED) is 0.386. The van der Waals surface area contributed by atoms with Gasteiger partial charge in [0.15, 0.2) is 5.78 Å². The molecule has 3 rings (SSSR count). The van der Waals surface area contributed by atoms with Gasteiger partial charge in [0.1, 0.15) is 18.0 Å². The van der Waals surface area contributed by atoms with Gasteiger partial charge in [-0.1, -0.05) is 45.0 Å². The highest BCUT2D eigenvalue weighted by atomic mass is 31.2. The van der Waals surface area contributed by atoms with E-state index in [4.69, 9.17) is 14.5 Å². The number of phosphoric acid groups is 1. The van der Waals surface area contributed by atoms with Crippen LogP contribution in [-0.2, 0) is 27.0 Å². The summed E-state index contributed by atoms with van der Waals surface area (Å²) in [5.41, 5.74) is 1.09. The molecule has 0 radical (unpaired) electrons. The number of ketones is 2. The number of hydrogen-bond acceptors (Lipinski definition) is 6. The second-order valence-corrected chi connectivity index (χ2v) is 9.59. The molecule has 0 spiro atoms. The van der Waals surface area contributed by atoms with Gasteiger partial charge in [0.25, 0.3) is 0 Å². The molecule has 0 aliphatic rings. The number of ether oxygens (including phenoxy) is 1. The average Bonchev–Trinajstić information content (AvgIpc) is 3.08. The van der Waals surface area contributed by atoms with Crippen LogP contribution in [-0.4, -0.2) is 38.2 Å². The minimum atomic E-state index is -4.58. The number of nitrogens with zero attached hydrogens (tertiary/aromatic N) is 2. The van der Waals surface area contributed by atoms with Crippen LogP contribution in [0.3, 0.4) is 0 Å². The lowest BCUT2D eigenvalue weighted by atomic mass is 9.91. The van der Waals surface area contributed by atoms with Crippen LogP contribution in [0, 0.1) is 5.41 Å². The third kappa shape index (κ3) is 5.49. The molecule has 2 N–H and O–H groups in total. The van der Waals surface area contributed by atoms with Gasteiger partial charge in [-0.15, -0.1) is 0 Å². The fraction of sp³-hybridized carbons (Fsp3) is 0.318. The Labute approximate surface area is 185 Å². The number of phosphoric ester groups is 1. The molecule has 2 aromatic carbocycles. The predicted octanol–water partition coefficient (Wildman–Crippen LogP) is 3.50. The molecule has 170 valence electrons. The highest BCUT2D eigenvalue weighted by molar-refractivity contribution is 7.46.